The van der Waals surface area contributed by atoms with Gasteiger partial charge in [0.1, 0.15) is 34.2 Å². The lowest BCUT2D eigenvalue weighted by Crippen LogP contribution is -2.50. The van der Waals surface area contributed by atoms with E-state index in [1.807, 2.05) is 0 Å². The SMILES string of the molecule is C.COC(=O)c1oc(CCC2COC(C)(C)N2C(=O)OC(C)(C)C)cc(=O)c1O.COC(=O)c1oc(CCC2COC(C)(C)N2C(=O)OC(C)(C)C)cc(=O)c1OC. The summed E-state index contributed by atoms with van der Waals surface area (Å²) >= 11 is 0. The van der Waals surface area contributed by atoms with Gasteiger partial charge in [0.05, 0.1) is 46.6 Å². The van der Waals surface area contributed by atoms with Crippen molar-refractivity contribution in [1.82, 2.24) is 9.80 Å². The number of hydrogen-bond donors (Lipinski definition) is 1. The van der Waals surface area contributed by atoms with Gasteiger partial charge in [0, 0.05) is 25.0 Å². The van der Waals surface area contributed by atoms with E-state index in [0.29, 0.717) is 32.5 Å². The molecule has 18 nitrogen and oxygen atoms in total. The van der Waals surface area contributed by atoms with Crippen LogP contribution in [0.1, 0.15) is 122 Å². The van der Waals surface area contributed by atoms with Crippen LogP contribution in [0.2, 0.25) is 0 Å². The zero-order valence-corrected chi connectivity index (χ0v) is 35.0. The van der Waals surface area contributed by atoms with Crippen LogP contribution in [0.3, 0.4) is 0 Å². The zero-order valence-electron chi connectivity index (χ0n) is 35.0. The Kier molecular flexibility index (Phi) is 16.2. The Labute approximate surface area is 338 Å². The second-order valence-corrected chi connectivity index (χ2v) is 16.3. The molecule has 0 bridgehead atoms. The number of esters is 2. The molecule has 2 aliphatic rings. The molecule has 2 unspecified atom stereocenters. The molecule has 2 aliphatic heterocycles. The van der Waals surface area contributed by atoms with Crippen molar-refractivity contribution in [3.8, 4) is 11.5 Å². The van der Waals surface area contributed by atoms with Crippen LogP contribution >= 0.6 is 0 Å². The summed E-state index contributed by atoms with van der Waals surface area (Å²) in [5.41, 5.74) is -4.20. The highest BCUT2D eigenvalue weighted by atomic mass is 16.6. The van der Waals surface area contributed by atoms with Crippen molar-refractivity contribution >= 4 is 24.1 Å². The molecule has 0 spiro atoms. The Bertz CT molecular complexity index is 1900. The third-order valence-corrected chi connectivity index (χ3v) is 8.65. The fourth-order valence-corrected chi connectivity index (χ4v) is 6.13. The van der Waals surface area contributed by atoms with E-state index in [2.05, 4.69) is 9.47 Å². The lowest BCUT2D eigenvalue weighted by Gasteiger charge is -2.35. The molecule has 0 radical (unpaired) electrons. The largest absolute Gasteiger partial charge is 0.501 e. The summed E-state index contributed by atoms with van der Waals surface area (Å²) in [6, 6.07) is 1.78. The first-order chi connectivity index (χ1) is 26.2. The number of rotatable bonds is 9. The van der Waals surface area contributed by atoms with Crippen LogP contribution in [0.25, 0.3) is 0 Å². The molecule has 1 N–H and O–H groups in total. The second kappa shape index (κ2) is 19.1. The average Bonchev–Trinajstić information content (AvgIpc) is 3.58. The molecule has 0 saturated carbocycles. The third kappa shape index (κ3) is 12.4. The first-order valence-corrected chi connectivity index (χ1v) is 18.3. The van der Waals surface area contributed by atoms with Gasteiger partial charge in [-0.1, -0.05) is 7.43 Å². The van der Waals surface area contributed by atoms with Crippen molar-refractivity contribution in [3.63, 3.8) is 0 Å². The van der Waals surface area contributed by atoms with Crippen LogP contribution in [0, 0.1) is 0 Å². The Balaban J connectivity index is 0.000000394. The molecule has 2 atom stereocenters. The quantitative estimate of drug-likeness (QED) is 0.233. The number of nitrogens with zero attached hydrogens (tertiary/aromatic N) is 2. The van der Waals surface area contributed by atoms with Crippen molar-refractivity contribution in [1.29, 1.82) is 0 Å². The predicted octanol–water partition coefficient (Wildman–Crippen LogP) is 5.81. The van der Waals surface area contributed by atoms with Crippen molar-refractivity contribution in [2.75, 3.05) is 34.5 Å². The summed E-state index contributed by atoms with van der Waals surface area (Å²) in [5.74, 6) is -3.11. The minimum Gasteiger partial charge on any atom is -0.501 e. The molecule has 4 rings (SSSR count). The number of carbonyl (C=O) groups excluding carboxylic acids is 4. The Morgan fingerprint density at radius 2 is 1.09 bits per heavy atom. The van der Waals surface area contributed by atoms with Crippen LogP contribution in [-0.4, -0.2) is 108 Å². The smallest absolute Gasteiger partial charge is 0.412 e. The number of aromatic hydroxyl groups is 1. The summed E-state index contributed by atoms with van der Waals surface area (Å²) < 4.78 is 47.5. The molecular formula is C40H60N2O16. The molecule has 2 aromatic rings. The molecule has 0 aromatic carbocycles. The van der Waals surface area contributed by atoms with E-state index in [9.17, 15) is 33.9 Å². The molecule has 4 heterocycles. The molecule has 2 saturated heterocycles. The van der Waals surface area contributed by atoms with Gasteiger partial charge in [0.25, 0.3) is 11.5 Å². The van der Waals surface area contributed by atoms with Gasteiger partial charge in [0.2, 0.25) is 22.4 Å². The van der Waals surface area contributed by atoms with E-state index in [4.69, 9.17) is 32.5 Å². The monoisotopic (exact) mass is 824 g/mol. The summed E-state index contributed by atoms with van der Waals surface area (Å²) in [7, 11) is 3.57. The predicted molar refractivity (Wildman–Crippen MR) is 208 cm³/mol. The van der Waals surface area contributed by atoms with Gasteiger partial charge >= 0.3 is 24.1 Å². The number of amides is 2. The number of aryl methyl sites for hydroxylation is 2. The standard InChI is InChI=1S/C20H29NO8.C19H27NO8.CH4/c1-19(2,3)29-18(24)21-12(11-27-20(21,4)5)8-9-13-10-14(22)15(25-6)16(28-13)17(23)26-7;1-18(2,3)28-17(24)20-11(10-26-19(20,4)5)7-8-12-9-13(21)14(22)15(27-12)16(23)25-6;/h10,12H,8-9,11H2,1-7H3;9,11,22H,7-8,10H2,1-6H3;1H4. The topological polar surface area (TPSA) is 220 Å². The Hall–Kier alpha value is -5.10. The highest BCUT2D eigenvalue weighted by Gasteiger charge is 2.46. The third-order valence-electron chi connectivity index (χ3n) is 8.65. The minimum absolute atomic E-state index is 0. The lowest BCUT2D eigenvalue weighted by molar-refractivity contribution is -0.0638. The molecule has 2 fully saturated rings. The molecule has 2 amide bonds. The van der Waals surface area contributed by atoms with Gasteiger partial charge in [-0.25, -0.2) is 19.2 Å². The van der Waals surface area contributed by atoms with E-state index in [1.165, 1.54) is 25.2 Å². The minimum atomic E-state index is -0.947. The Morgan fingerprint density at radius 3 is 1.47 bits per heavy atom. The van der Waals surface area contributed by atoms with E-state index in [-0.39, 0.29) is 49.0 Å². The van der Waals surface area contributed by atoms with Crippen molar-refractivity contribution in [2.24, 2.45) is 0 Å². The zero-order chi connectivity index (χ0) is 43.3. The van der Waals surface area contributed by atoms with Crippen molar-refractivity contribution < 1.29 is 66.3 Å². The van der Waals surface area contributed by atoms with Gasteiger partial charge in [-0.05, 0) is 82.1 Å². The number of hydrogen-bond acceptors (Lipinski definition) is 16. The van der Waals surface area contributed by atoms with Crippen molar-refractivity contribution in [2.45, 2.75) is 137 Å². The van der Waals surface area contributed by atoms with E-state index >= 15 is 0 Å². The number of carbonyl (C=O) groups is 4. The normalized spacial score (nSPS) is 18.3. The van der Waals surface area contributed by atoms with Crippen LogP contribution in [0.15, 0.2) is 30.6 Å². The molecule has 326 valence electrons. The highest BCUT2D eigenvalue weighted by Crippen LogP contribution is 2.33. The number of ether oxygens (including phenoxy) is 7. The maximum atomic E-state index is 12.7. The fraction of sp³-hybridized carbons (Fsp3) is 0.650. The van der Waals surface area contributed by atoms with Crippen LogP contribution in [0.5, 0.6) is 11.5 Å². The summed E-state index contributed by atoms with van der Waals surface area (Å²) in [6.07, 6.45) is 0.407. The fourth-order valence-electron chi connectivity index (χ4n) is 6.13. The van der Waals surface area contributed by atoms with Crippen LogP contribution in [0.4, 0.5) is 9.59 Å². The maximum Gasteiger partial charge on any atom is 0.412 e. The van der Waals surface area contributed by atoms with Crippen LogP contribution in [-0.2, 0) is 41.3 Å². The summed E-state index contributed by atoms with van der Waals surface area (Å²) in [5, 5.41) is 9.70. The molecule has 2 aromatic heterocycles. The van der Waals surface area contributed by atoms with Gasteiger partial charge in [-0.2, -0.15) is 0 Å². The molecule has 0 aliphatic carbocycles. The molecule has 18 heteroatoms. The molecular weight excluding hydrogens is 764 g/mol. The maximum absolute atomic E-state index is 12.7. The van der Waals surface area contributed by atoms with E-state index in [1.54, 1.807) is 74.1 Å². The van der Waals surface area contributed by atoms with Gasteiger partial charge in [0.15, 0.2) is 0 Å². The summed E-state index contributed by atoms with van der Waals surface area (Å²) in [4.78, 5) is 76.1. The van der Waals surface area contributed by atoms with Crippen molar-refractivity contribution in [3.05, 3.63) is 55.6 Å². The first-order valence-electron chi connectivity index (χ1n) is 18.3. The average molecular weight is 825 g/mol. The van der Waals surface area contributed by atoms with Gasteiger partial charge in [-0.3, -0.25) is 19.4 Å². The lowest BCUT2D eigenvalue weighted by atomic mass is 10.1. The van der Waals surface area contributed by atoms with Crippen LogP contribution < -0.4 is 15.6 Å². The van der Waals surface area contributed by atoms with Gasteiger partial charge in [-0.15, -0.1) is 0 Å². The number of methoxy groups -OCH3 is 3. The summed E-state index contributed by atoms with van der Waals surface area (Å²) in [6.45, 7) is 18.5. The molecule has 58 heavy (non-hydrogen) atoms. The second-order valence-electron chi connectivity index (χ2n) is 16.3. The van der Waals surface area contributed by atoms with E-state index in [0.717, 1.165) is 13.2 Å². The first kappa shape index (κ1) is 49.0. The highest BCUT2D eigenvalue weighted by molar-refractivity contribution is 5.89. The van der Waals surface area contributed by atoms with E-state index < -0.39 is 69.1 Å². The Morgan fingerprint density at radius 1 is 0.707 bits per heavy atom. The van der Waals surface area contributed by atoms with Gasteiger partial charge < -0.3 is 47.1 Å².